The Kier molecular flexibility index (Phi) is 6.31. The number of halogens is 2. The molecule has 122 valence electrons. The first-order valence-electron chi connectivity index (χ1n) is 7.48. The topological polar surface area (TPSA) is 38.3 Å². The van der Waals surface area contributed by atoms with Crippen LogP contribution in [0, 0.1) is 0 Å². The van der Waals surface area contributed by atoms with Crippen LogP contribution in [0.3, 0.4) is 0 Å². The van der Waals surface area contributed by atoms with Gasteiger partial charge >= 0.3 is 0 Å². The van der Waals surface area contributed by atoms with Crippen molar-refractivity contribution in [3.05, 3.63) is 58.1 Å². The summed E-state index contributed by atoms with van der Waals surface area (Å²) in [4.78, 5) is 12.1. The van der Waals surface area contributed by atoms with Crippen molar-refractivity contribution in [2.75, 3.05) is 11.9 Å². The first kappa shape index (κ1) is 17.6. The maximum absolute atomic E-state index is 12.1. The maximum Gasteiger partial charge on any atom is 0.262 e. The van der Waals surface area contributed by atoms with E-state index in [4.69, 9.17) is 27.9 Å². The smallest absolute Gasteiger partial charge is 0.262 e. The lowest BCUT2D eigenvalue weighted by Gasteiger charge is -2.15. The summed E-state index contributed by atoms with van der Waals surface area (Å²) in [7, 11) is 0. The van der Waals surface area contributed by atoms with Gasteiger partial charge in [0.15, 0.2) is 6.61 Å². The Balaban J connectivity index is 2.01. The Morgan fingerprint density at radius 2 is 1.91 bits per heavy atom. The van der Waals surface area contributed by atoms with Crippen molar-refractivity contribution in [2.45, 2.75) is 26.2 Å². The summed E-state index contributed by atoms with van der Waals surface area (Å²) in [5.41, 5.74) is 1.58. The highest BCUT2D eigenvalue weighted by molar-refractivity contribution is 6.43. The van der Waals surface area contributed by atoms with Crippen molar-refractivity contribution in [1.29, 1.82) is 0 Å². The molecule has 1 amide bonds. The van der Waals surface area contributed by atoms with E-state index in [-0.39, 0.29) is 12.5 Å². The molecule has 3 nitrogen and oxygen atoms in total. The molecular weight excluding hydrogens is 333 g/mol. The van der Waals surface area contributed by atoms with E-state index in [0.29, 0.717) is 21.7 Å². The Hall–Kier alpha value is -1.71. The number of amides is 1. The van der Waals surface area contributed by atoms with E-state index < -0.39 is 0 Å². The van der Waals surface area contributed by atoms with Gasteiger partial charge in [0, 0.05) is 0 Å². The van der Waals surface area contributed by atoms with Gasteiger partial charge in [-0.1, -0.05) is 61.3 Å². The zero-order chi connectivity index (χ0) is 16.8. The number of para-hydroxylation sites is 1. The molecule has 0 spiro atoms. The number of benzene rings is 2. The largest absolute Gasteiger partial charge is 0.483 e. The van der Waals surface area contributed by atoms with E-state index in [1.807, 2.05) is 24.3 Å². The fourth-order valence-corrected chi connectivity index (χ4v) is 2.52. The van der Waals surface area contributed by atoms with Gasteiger partial charge in [-0.25, -0.2) is 0 Å². The quantitative estimate of drug-likeness (QED) is 0.743. The van der Waals surface area contributed by atoms with Crippen LogP contribution in [0.2, 0.25) is 10.0 Å². The molecule has 2 rings (SSSR count). The molecule has 0 radical (unpaired) electrons. The summed E-state index contributed by atoms with van der Waals surface area (Å²) in [6, 6.07) is 12.9. The van der Waals surface area contributed by atoms with Crippen molar-refractivity contribution in [2.24, 2.45) is 0 Å². The molecule has 5 heteroatoms. The van der Waals surface area contributed by atoms with E-state index in [1.165, 1.54) is 0 Å². The number of nitrogens with one attached hydrogen (secondary N) is 1. The van der Waals surface area contributed by atoms with Gasteiger partial charge in [0.1, 0.15) is 5.75 Å². The molecule has 0 saturated carbocycles. The van der Waals surface area contributed by atoms with Gasteiger partial charge in [-0.2, -0.15) is 0 Å². The summed E-state index contributed by atoms with van der Waals surface area (Å²) >= 11 is 12.0. The van der Waals surface area contributed by atoms with Gasteiger partial charge in [0.2, 0.25) is 0 Å². The zero-order valence-corrected chi connectivity index (χ0v) is 14.6. The molecule has 0 saturated heterocycles. The number of ether oxygens (including phenoxy) is 1. The van der Waals surface area contributed by atoms with Crippen LogP contribution < -0.4 is 10.1 Å². The summed E-state index contributed by atoms with van der Waals surface area (Å²) in [5.74, 6) is 0.818. The first-order chi connectivity index (χ1) is 11.0. The van der Waals surface area contributed by atoms with Gasteiger partial charge in [0.25, 0.3) is 5.91 Å². The van der Waals surface area contributed by atoms with Crippen LogP contribution in [0.5, 0.6) is 5.75 Å². The van der Waals surface area contributed by atoms with Crippen molar-refractivity contribution in [3.63, 3.8) is 0 Å². The number of hydrogen-bond acceptors (Lipinski definition) is 2. The van der Waals surface area contributed by atoms with E-state index in [2.05, 4.69) is 19.2 Å². The van der Waals surface area contributed by atoms with Crippen LogP contribution in [0.15, 0.2) is 42.5 Å². The highest BCUT2D eigenvalue weighted by atomic mass is 35.5. The lowest BCUT2D eigenvalue weighted by atomic mass is 9.98. The lowest BCUT2D eigenvalue weighted by Crippen LogP contribution is -2.20. The standard InChI is InChI=1S/C18H19Cl2NO2/c1-3-12(2)13-7-4-5-10-16(13)23-11-17(22)21-15-9-6-8-14(19)18(15)20/h4-10,12H,3,11H2,1-2H3,(H,21,22)/t12-/m0/s1. The van der Waals surface area contributed by atoms with Crippen LogP contribution in [0.4, 0.5) is 5.69 Å². The molecule has 0 heterocycles. The molecule has 23 heavy (non-hydrogen) atoms. The minimum atomic E-state index is -0.284. The fraction of sp³-hybridized carbons (Fsp3) is 0.278. The third kappa shape index (κ3) is 4.63. The number of rotatable bonds is 6. The number of carbonyl (C=O) groups excluding carboxylic acids is 1. The number of anilines is 1. The second-order valence-electron chi connectivity index (χ2n) is 5.29. The summed E-state index contributed by atoms with van der Waals surface area (Å²) in [6.07, 6.45) is 1.00. The molecule has 0 aliphatic rings. The first-order valence-corrected chi connectivity index (χ1v) is 8.24. The monoisotopic (exact) mass is 351 g/mol. The highest BCUT2D eigenvalue weighted by Crippen LogP contribution is 2.30. The van der Waals surface area contributed by atoms with E-state index in [1.54, 1.807) is 18.2 Å². The molecule has 0 bridgehead atoms. The normalized spacial score (nSPS) is 11.8. The zero-order valence-electron chi connectivity index (χ0n) is 13.1. The van der Waals surface area contributed by atoms with Crippen LogP contribution in [0.25, 0.3) is 0 Å². The minimum Gasteiger partial charge on any atom is -0.483 e. The molecule has 2 aromatic rings. The fourth-order valence-electron chi connectivity index (χ4n) is 2.17. The van der Waals surface area contributed by atoms with Crippen LogP contribution in [0.1, 0.15) is 31.7 Å². The minimum absolute atomic E-state index is 0.0870. The van der Waals surface area contributed by atoms with Crippen molar-refractivity contribution >= 4 is 34.8 Å². The third-order valence-corrected chi connectivity index (χ3v) is 4.47. The van der Waals surface area contributed by atoms with Crippen molar-refractivity contribution < 1.29 is 9.53 Å². The number of hydrogen-bond donors (Lipinski definition) is 1. The highest BCUT2D eigenvalue weighted by Gasteiger charge is 2.12. The van der Waals surface area contributed by atoms with E-state index in [0.717, 1.165) is 17.7 Å². The molecule has 1 atom stereocenters. The Bertz CT molecular complexity index is 688. The predicted molar refractivity (Wildman–Crippen MR) is 95.7 cm³/mol. The summed E-state index contributed by atoms with van der Waals surface area (Å²) in [6.45, 7) is 4.17. The van der Waals surface area contributed by atoms with Gasteiger partial charge < -0.3 is 10.1 Å². The van der Waals surface area contributed by atoms with Gasteiger partial charge in [-0.05, 0) is 36.1 Å². The Morgan fingerprint density at radius 1 is 1.17 bits per heavy atom. The number of carbonyl (C=O) groups is 1. The van der Waals surface area contributed by atoms with Crippen LogP contribution in [-0.2, 0) is 4.79 Å². The van der Waals surface area contributed by atoms with Crippen LogP contribution in [-0.4, -0.2) is 12.5 Å². The average Bonchev–Trinajstić information content (AvgIpc) is 2.56. The predicted octanol–water partition coefficient (Wildman–Crippen LogP) is 5.52. The summed E-state index contributed by atoms with van der Waals surface area (Å²) < 4.78 is 5.68. The van der Waals surface area contributed by atoms with E-state index in [9.17, 15) is 4.79 Å². The molecule has 0 unspecified atom stereocenters. The lowest BCUT2D eigenvalue weighted by molar-refractivity contribution is -0.118. The molecule has 2 aromatic carbocycles. The molecule has 0 fully saturated rings. The maximum atomic E-state index is 12.1. The van der Waals surface area contributed by atoms with Gasteiger partial charge in [0.05, 0.1) is 15.7 Å². The Morgan fingerprint density at radius 3 is 2.65 bits per heavy atom. The Labute approximate surface area is 146 Å². The van der Waals surface area contributed by atoms with Crippen LogP contribution >= 0.6 is 23.2 Å². The molecule has 1 N–H and O–H groups in total. The van der Waals surface area contributed by atoms with Crippen molar-refractivity contribution in [3.8, 4) is 5.75 Å². The SMILES string of the molecule is CC[C@H](C)c1ccccc1OCC(=O)Nc1cccc(Cl)c1Cl. The molecule has 0 aliphatic heterocycles. The molecule has 0 aliphatic carbocycles. The molecular formula is C18H19Cl2NO2. The van der Waals surface area contributed by atoms with Gasteiger partial charge in [-0.15, -0.1) is 0 Å². The van der Waals surface area contributed by atoms with E-state index >= 15 is 0 Å². The van der Waals surface area contributed by atoms with Crippen molar-refractivity contribution in [1.82, 2.24) is 0 Å². The second kappa shape index (κ2) is 8.23. The molecule has 0 aromatic heterocycles. The van der Waals surface area contributed by atoms with Gasteiger partial charge in [-0.3, -0.25) is 4.79 Å². The third-order valence-electron chi connectivity index (χ3n) is 3.65. The average molecular weight is 352 g/mol. The summed E-state index contributed by atoms with van der Waals surface area (Å²) in [5, 5.41) is 3.42. The second-order valence-corrected chi connectivity index (χ2v) is 6.07.